The van der Waals surface area contributed by atoms with Crippen molar-refractivity contribution in [3.05, 3.63) is 29.3 Å². The minimum Gasteiger partial charge on any atom is -0.374 e. The molecular formula is C21H37N2+. The van der Waals surface area contributed by atoms with Gasteiger partial charge in [0.15, 0.2) is 0 Å². The Labute approximate surface area is 144 Å². The molecule has 130 valence electrons. The van der Waals surface area contributed by atoms with Crippen molar-refractivity contribution in [1.82, 2.24) is 0 Å². The first-order chi connectivity index (χ1) is 11.0. The Morgan fingerprint density at radius 1 is 0.913 bits per heavy atom. The largest absolute Gasteiger partial charge is 0.374 e. The van der Waals surface area contributed by atoms with Crippen LogP contribution >= 0.6 is 0 Å². The Balaban J connectivity index is 1.63. The average Bonchev–Trinajstić information content (AvgIpc) is 2.51. The van der Waals surface area contributed by atoms with Crippen molar-refractivity contribution < 1.29 is 4.48 Å². The summed E-state index contributed by atoms with van der Waals surface area (Å²) in [4.78, 5) is 2.45. The number of unbranched alkanes of at least 4 members (excludes halogenated alkanes) is 3. The Hall–Kier alpha value is -1.02. The third-order valence-electron chi connectivity index (χ3n) is 5.66. The van der Waals surface area contributed by atoms with Gasteiger partial charge in [-0.1, -0.05) is 24.6 Å². The Morgan fingerprint density at radius 2 is 1.52 bits per heavy atom. The van der Waals surface area contributed by atoms with Gasteiger partial charge in [0.05, 0.1) is 26.7 Å². The second-order valence-electron chi connectivity index (χ2n) is 7.93. The molecule has 0 radical (unpaired) electrons. The molecule has 0 N–H and O–H groups in total. The Bertz CT molecular complexity index is 454. The second kappa shape index (κ2) is 8.73. The van der Waals surface area contributed by atoms with E-state index in [1.54, 1.807) is 0 Å². The van der Waals surface area contributed by atoms with E-state index in [-0.39, 0.29) is 0 Å². The molecule has 1 heterocycles. The fourth-order valence-electron chi connectivity index (χ4n) is 4.21. The minimum atomic E-state index is 1.18. The summed E-state index contributed by atoms with van der Waals surface area (Å²) in [5.74, 6) is 0. The van der Waals surface area contributed by atoms with Crippen LogP contribution in [0.5, 0.6) is 0 Å². The molecule has 0 amide bonds. The SMILES string of the molecule is Cc1cccc(C)c1N(C)CCCCCC[N+]1(C)CCCCC1. The number of quaternary nitrogens is 1. The number of aryl methyl sites for hydroxylation is 2. The molecule has 0 unspecified atom stereocenters. The molecule has 0 spiro atoms. The van der Waals surface area contributed by atoms with Gasteiger partial charge in [0.1, 0.15) is 0 Å². The molecule has 0 aromatic heterocycles. The summed E-state index contributed by atoms with van der Waals surface area (Å²) in [5, 5.41) is 0. The number of hydrogen-bond acceptors (Lipinski definition) is 1. The Morgan fingerprint density at radius 3 is 2.17 bits per heavy atom. The normalized spacial score (nSPS) is 17.2. The van der Waals surface area contributed by atoms with Crippen LogP contribution in [0.2, 0.25) is 0 Å². The zero-order valence-electron chi connectivity index (χ0n) is 15.9. The molecule has 1 fully saturated rings. The molecule has 23 heavy (non-hydrogen) atoms. The van der Waals surface area contributed by atoms with Gasteiger partial charge in [-0.2, -0.15) is 0 Å². The van der Waals surface area contributed by atoms with E-state index < -0.39 is 0 Å². The van der Waals surface area contributed by atoms with E-state index in [0.717, 1.165) is 0 Å². The predicted octanol–water partition coefficient (Wildman–Crippen LogP) is 4.93. The van der Waals surface area contributed by atoms with E-state index in [2.05, 4.69) is 51.0 Å². The summed E-state index contributed by atoms with van der Waals surface area (Å²) in [7, 11) is 4.71. The highest BCUT2D eigenvalue weighted by Gasteiger charge is 2.23. The monoisotopic (exact) mass is 317 g/mol. The standard InChI is InChI=1S/C21H37N2/c1-19-13-12-14-20(2)21(19)22(3)15-8-5-6-9-16-23(4)17-10-7-11-18-23/h12-14H,5-11,15-18H2,1-4H3/q+1. The first kappa shape index (κ1) is 18.3. The van der Waals surface area contributed by atoms with Gasteiger partial charge in [0.2, 0.25) is 0 Å². The number of para-hydroxylation sites is 1. The number of nitrogens with zero attached hydrogens (tertiary/aromatic N) is 2. The lowest BCUT2D eigenvalue weighted by molar-refractivity contribution is -0.914. The van der Waals surface area contributed by atoms with Crippen LogP contribution in [0.4, 0.5) is 5.69 Å². The molecule has 1 aromatic rings. The Kier molecular flexibility index (Phi) is 6.95. The summed E-state index contributed by atoms with van der Waals surface area (Å²) < 4.78 is 1.34. The quantitative estimate of drug-likeness (QED) is 0.485. The van der Waals surface area contributed by atoms with Crippen LogP contribution in [-0.4, -0.2) is 44.8 Å². The second-order valence-corrected chi connectivity index (χ2v) is 7.93. The first-order valence-corrected chi connectivity index (χ1v) is 9.63. The summed E-state index contributed by atoms with van der Waals surface area (Å²) in [6.45, 7) is 9.85. The number of rotatable bonds is 8. The van der Waals surface area contributed by atoms with Crippen molar-refractivity contribution in [2.24, 2.45) is 0 Å². The van der Waals surface area contributed by atoms with Crippen LogP contribution < -0.4 is 4.90 Å². The smallest absolute Gasteiger partial charge is 0.0784 e. The van der Waals surface area contributed by atoms with E-state index in [9.17, 15) is 0 Å². The van der Waals surface area contributed by atoms with Crippen molar-refractivity contribution in [3.63, 3.8) is 0 Å². The highest BCUT2D eigenvalue weighted by atomic mass is 15.3. The van der Waals surface area contributed by atoms with Gasteiger partial charge in [0.25, 0.3) is 0 Å². The van der Waals surface area contributed by atoms with E-state index in [4.69, 9.17) is 0 Å². The van der Waals surface area contributed by atoms with Crippen LogP contribution in [-0.2, 0) is 0 Å². The molecule has 0 aliphatic carbocycles. The fourth-order valence-corrected chi connectivity index (χ4v) is 4.21. The highest BCUT2D eigenvalue weighted by molar-refractivity contribution is 5.58. The summed E-state index contributed by atoms with van der Waals surface area (Å²) in [6.07, 6.45) is 9.83. The molecule has 1 saturated heterocycles. The number of likely N-dealkylation sites (tertiary alicyclic amines) is 1. The van der Waals surface area contributed by atoms with Gasteiger partial charge in [0, 0.05) is 19.3 Å². The van der Waals surface area contributed by atoms with E-state index in [1.165, 1.54) is 92.4 Å². The fraction of sp³-hybridized carbons (Fsp3) is 0.714. The number of anilines is 1. The third-order valence-corrected chi connectivity index (χ3v) is 5.66. The lowest BCUT2D eigenvalue weighted by Gasteiger charge is -2.37. The van der Waals surface area contributed by atoms with Gasteiger partial charge < -0.3 is 9.38 Å². The van der Waals surface area contributed by atoms with Gasteiger partial charge in [-0.05, 0) is 63.5 Å². The summed E-state index contributed by atoms with van der Waals surface area (Å²) >= 11 is 0. The van der Waals surface area contributed by atoms with Crippen molar-refractivity contribution in [3.8, 4) is 0 Å². The number of hydrogen-bond donors (Lipinski definition) is 0. The maximum absolute atomic E-state index is 2.47. The van der Waals surface area contributed by atoms with Crippen molar-refractivity contribution in [2.75, 3.05) is 45.2 Å². The summed E-state index contributed by atoms with van der Waals surface area (Å²) in [5.41, 5.74) is 4.23. The zero-order valence-corrected chi connectivity index (χ0v) is 15.9. The number of piperidine rings is 1. The topological polar surface area (TPSA) is 3.24 Å². The maximum atomic E-state index is 2.47. The van der Waals surface area contributed by atoms with Gasteiger partial charge in [-0.25, -0.2) is 0 Å². The summed E-state index contributed by atoms with van der Waals surface area (Å²) in [6, 6.07) is 6.61. The zero-order chi connectivity index (χ0) is 16.7. The molecule has 1 aliphatic heterocycles. The van der Waals surface area contributed by atoms with E-state index in [1.807, 2.05) is 0 Å². The first-order valence-electron chi connectivity index (χ1n) is 9.63. The van der Waals surface area contributed by atoms with Gasteiger partial charge >= 0.3 is 0 Å². The van der Waals surface area contributed by atoms with Crippen LogP contribution in [0.3, 0.4) is 0 Å². The lowest BCUT2D eigenvalue weighted by atomic mass is 10.1. The average molecular weight is 318 g/mol. The third kappa shape index (κ3) is 5.53. The van der Waals surface area contributed by atoms with Crippen LogP contribution in [0.15, 0.2) is 18.2 Å². The molecule has 2 heteroatoms. The van der Waals surface area contributed by atoms with Crippen molar-refractivity contribution in [1.29, 1.82) is 0 Å². The van der Waals surface area contributed by atoms with Gasteiger partial charge in [-0.15, -0.1) is 0 Å². The van der Waals surface area contributed by atoms with Crippen LogP contribution in [0.1, 0.15) is 56.1 Å². The van der Waals surface area contributed by atoms with E-state index >= 15 is 0 Å². The molecule has 0 bridgehead atoms. The molecule has 2 rings (SSSR count). The highest BCUT2D eigenvalue weighted by Crippen LogP contribution is 2.24. The molecule has 0 atom stereocenters. The van der Waals surface area contributed by atoms with Crippen LogP contribution in [0, 0.1) is 13.8 Å². The molecule has 0 saturated carbocycles. The molecular weight excluding hydrogens is 280 g/mol. The van der Waals surface area contributed by atoms with Crippen LogP contribution in [0.25, 0.3) is 0 Å². The molecule has 2 nitrogen and oxygen atoms in total. The maximum Gasteiger partial charge on any atom is 0.0784 e. The lowest BCUT2D eigenvalue weighted by Crippen LogP contribution is -2.48. The molecule has 1 aliphatic rings. The van der Waals surface area contributed by atoms with Crippen molar-refractivity contribution in [2.45, 2.75) is 58.8 Å². The number of benzene rings is 1. The van der Waals surface area contributed by atoms with Crippen molar-refractivity contribution >= 4 is 5.69 Å². The minimum absolute atomic E-state index is 1.18. The predicted molar refractivity (Wildman–Crippen MR) is 102 cm³/mol. The molecule has 1 aromatic carbocycles. The van der Waals surface area contributed by atoms with Gasteiger partial charge in [-0.3, -0.25) is 0 Å². The van der Waals surface area contributed by atoms with E-state index in [0.29, 0.717) is 0 Å².